The Bertz CT molecular complexity index is 803. The summed E-state index contributed by atoms with van der Waals surface area (Å²) < 4.78 is 30.1. The lowest BCUT2D eigenvalue weighted by Crippen LogP contribution is -2.51. The number of hydrogen-bond acceptors (Lipinski definition) is 6. The first kappa shape index (κ1) is 21.1. The van der Waals surface area contributed by atoms with Crippen LogP contribution in [0.25, 0.3) is 0 Å². The van der Waals surface area contributed by atoms with Crippen LogP contribution < -0.4 is 11.0 Å². The molecule has 1 fully saturated rings. The van der Waals surface area contributed by atoms with Crippen LogP contribution in [-0.4, -0.2) is 42.8 Å². The fourth-order valence-electron chi connectivity index (χ4n) is 2.50. The number of ether oxygens (including phenoxy) is 1. The molecule has 146 valence electrons. The van der Waals surface area contributed by atoms with Gasteiger partial charge in [-0.25, -0.2) is 18.7 Å². The molecule has 1 N–H and O–H groups in total. The number of nitrogens with one attached hydrogen (secondary N) is 1. The molecule has 1 amide bonds. The van der Waals surface area contributed by atoms with Gasteiger partial charge < -0.3 is 9.30 Å². The van der Waals surface area contributed by atoms with Crippen molar-refractivity contribution in [2.24, 2.45) is 0 Å². The monoisotopic (exact) mass is 450 g/mol. The summed E-state index contributed by atoms with van der Waals surface area (Å²) in [6, 6.07) is 3.05. The Morgan fingerprint density at radius 1 is 1.50 bits per heavy atom. The van der Waals surface area contributed by atoms with Crippen LogP contribution in [0.5, 0.6) is 0 Å². The molecule has 1 aliphatic rings. The van der Waals surface area contributed by atoms with Gasteiger partial charge in [0.05, 0.1) is 0 Å². The highest BCUT2D eigenvalue weighted by Crippen LogP contribution is 2.23. The molecule has 2 atom stereocenters. The summed E-state index contributed by atoms with van der Waals surface area (Å²) in [5.74, 6) is -0.778. The molecule has 26 heavy (non-hydrogen) atoms. The Labute approximate surface area is 160 Å². The first-order chi connectivity index (χ1) is 12.1. The molecule has 0 saturated carbocycles. The number of nitrogens with zero attached hydrogens (tertiary/aromatic N) is 1. The van der Waals surface area contributed by atoms with Gasteiger partial charge in [-0.2, -0.15) is 0 Å². The van der Waals surface area contributed by atoms with E-state index in [1.54, 1.807) is 12.3 Å². The number of halogens is 1. The molecule has 0 spiro atoms. The summed E-state index contributed by atoms with van der Waals surface area (Å²) in [5, 5.41) is 0. The van der Waals surface area contributed by atoms with Gasteiger partial charge in [-0.3, -0.25) is 9.59 Å². The van der Waals surface area contributed by atoms with Crippen molar-refractivity contribution < 1.29 is 22.8 Å². The maximum Gasteiger partial charge on any atom is 0.264 e. The summed E-state index contributed by atoms with van der Waals surface area (Å²) in [7, 11) is -3.77. The second-order valence-electron chi connectivity index (χ2n) is 6.47. The van der Waals surface area contributed by atoms with E-state index < -0.39 is 26.8 Å². The molecule has 2 rings (SSSR count). The number of sulfone groups is 1. The van der Waals surface area contributed by atoms with Crippen molar-refractivity contribution in [3.8, 4) is 0 Å². The number of hydrogen-bond donors (Lipinski definition) is 1. The van der Waals surface area contributed by atoms with Crippen molar-refractivity contribution in [2.45, 2.75) is 50.2 Å². The largest absolute Gasteiger partial charge is 0.350 e. The third-order valence-corrected chi connectivity index (χ3v) is 7.03. The van der Waals surface area contributed by atoms with Gasteiger partial charge in [0.2, 0.25) is 0 Å². The van der Waals surface area contributed by atoms with Gasteiger partial charge in [0.15, 0.2) is 20.9 Å². The molecule has 0 aliphatic carbocycles. The third kappa shape index (κ3) is 5.15. The van der Waals surface area contributed by atoms with E-state index >= 15 is 0 Å². The summed E-state index contributed by atoms with van der Waals surface area (Å²) in [4.78, 5) is 29.7. The van der Waals surface area contributed by atoms with Crippen molar-refractivity contribution in [3.05, 3.63) is 33.2 Å². The fraction of sp³-hybridized carbons (Fsp3) is 0.625. The minimum Gasteiger partial charge on any atom is -0.350 e. The minimum absolute atomic E-state index is 0.0725. The Kier molecular flexibility index (Phi) is 7.00. The Hall–Kier alpha value is -1.23. The fourth-order valence-corrected chi connectivity index (χ4v) is 3.66. The molecular formula is C16H23BrN2O6S. The number of carbonyl (C=O) groups excluding carboxylic acids is 1. The van der Waals surface area contributed by atoms with Crippen molar-refractivity contribution in [2.75, 3.05) is 12.9 Å². The summed E-state index contributed by atoms with van der Waals surface area (Å²) in [6.07, 6.45) is 4.35. The van der Waals surface area contributed by atoms with E-state index in [1.165, 1.54) is 17.6 Å². The maximum atomic E-state index is 12.5. The van der Waals surface area contributed by atoms with Crippen LogP contribution in [0.4, 0.5) is 0 Å². The molecule has 1 aromatic heterocycles. The molecule has 2 unspecified atom stereocenters. The molecule has 1 saturated heterocycles. The zero-order valence-corrected chi connectivity index (χ0v) is 17.1. The lowest BCUT2D eigenvalue weighted by atomic mass is 10.1. The minimum atomic E-state index is -3.77. The molecule has 0 aromatic carbocycles. The number of aryl methyl sites for hydroxylation is 1. The second kappa shape index (κ2) is 8.64. The molecule has 2 heterocycles. The average Bonchev–Trinajstić information content (AvgIpc) is 2.58. The quantitative estimate of drug-likeness (QED) is 0.629. The van der Waals surface area contributed by atoms with Gasteiger partial charge in [0.25, 0.3) is 11.5 Å². The Morgan fingerprint density at radius 2 is 2.23 bits per heavy atom. The highest BCUT2D eigenvalue weighted by Gasteiger charge is 2.43. The molecule has 10 heteroatoms. The molecule has 1 aromatic rings. The van der Waals surface area contributed by atoms with E-state index in [9.17, 15) is 18.0 Å². The second-order valence-corrected chi connectivity index (χ2v) is 9.84. The van der Waals surface area contributed by atoms with E-state index in [1.807, 2.05) is 0 Å². The standard InChI is InChI=1S/C16H23BrN2O6S/c1-16(26(2,22)23,7-9-19-8-6-12(17)11-13(19)20)15(21)18-25-14-5-3-4-10-24-14/h6,8,11,14H,3-5,7,9-10H2,1-2H3,(H,18,21). The van der Waals surface area contributed by atoms with Crippen LogP contribution >= 0.6 is 15.9 Å². The van der Waals surface area contributed by atoms with Crippen LogP contribution in [0.3, 0.4) is 0 Å². The van der Waals surface area contributed by atoms with Gasteiger partial charge in [-0.1, -0.05) is 15.9 Å². The molecule has 8 nitrogen and oxygen atoms in total. The number of amides is 1. The first-order valence-corrected chi connectivity index (χ1v) is 11.0. The van der Waals surface area contributed by atoms with Crippen molar-refractivity contribution in [1.82, 2.24) is 10.0 Å². The zero-order valence-electron chi connectivity index (χ0n) is 14.7. The highest BCUT2D eigenvalue weighted by atomic mass is 79.9. The lowest BCUT2D eigenvalue weighted by molar-refractivity contribution is -0.201. The van der Waals surface area contributed by atoms with Crippen molar-refractivity contribution >= 4 is 31.7 Å². The highest BCUT2D eigenvalue weighted by molar-refractivity contribution is 9.10. The van der Waals surface area contributed by atoms with E-state index in [2.05, 4.69) is 21.4 Å². The van der Waals surface area contributed by atoms with Gasteiger partial charge in [0.1, 0.15) is 0 Å². The van der Waals surface area contributed by atoms with Gasteiger partial charge >= 0.3 is 0 Å². The van der Waals surface area contributed by atoms with Crippen LogP contribution in [0.1, 0.15) is 32.6 Å². The Morgan fingerprint density at radius 3 is 2.81 bits per heavy atom. The summed E-state index contributed by atoms with van der Waals surface area (Å²) in [6.45, 7) is 1.94. The topological polar surface area (TPSA) is 104 Å². The zero-order chi connectivity index (χ0) is 19.4. The number of rotatable bonds is 7. The smallest absolute Gasteiger partial charge is 0.264 e. The van der Waals surface area contributed by atoms with Crippen LogP contribution in [0, 0.1) is 0 Å². The number of hydroxylamine groups is 1. The Balaban J connectivity index is 2.08. The first-order valence-electron chi connectivity index (χ1n) is 8.27. The van der Waals surface area contributed by atoms with Crippen LogP contribution in [0.2, 0.25) is 0 Å². The van der Waals surface area contributed by atoms with Gasteiger partial charge in [-0.05, 0) is 32.3 Å². The van der Waals surface area contributed by atoms with E-state index in [0.29, 0.717) is 17.5 Å². The molecular weight excluding hydrogens is 428 g/mol. The van der Waals surface area contributed by atoms with Gasteiger partial charge in [0, 0.05) is 42.6 Å². The maximum absolute atomic E-state index is 12.5. The predicted octanol–water partition coefficient (Wildman–Crippen LogP) is 1.38. The molecule has 0 bridgehead atoms. The molecule has 1 aliphatic heterocycles. The van der Waals surface area contributed by atoms with Crippen LogP contribution in [0.15, 0.2) is 27.6 Å². The van der Waals surface area contributed by atoms with E-state index in [0.717, 1.165) is 19.1 Å². The normalized spacial score (nSPS) is 20.3. The number of pyridine rings is 1. The third-order valence-electron chi connectivity index (χ3n) is 4.51. The van der Waals surface area contributed by atoms with Gasteiger partial charge in [-0.15, -0.1) is 0 Å². The van der Waals surface area contributed by atoms with E-state index in [4.69, 9.17) is 9.57 Å². The lowest BCUT2D eigenvalue weighted by Gasteiger charge is -2.28. The average molecular weight is 451 g/mol. The van der Waals surface area contributed by atoms with Crippen molar-refractivity contribution in [3.63, 3.8) is 0 Å². The summed E-state index contributed by atoms with van der Waals surface area (Å²) in [5.41, 5.74) is 1.93. The number of aromatic nitrogens is 1. The van der Waals surface area contributed by atoms with E-state index in [-0.39, 0.29) is 18.5 Å². The number of carbonyl (C=O) groups is 1. The predicted molar refractivity (Wildman–Crippen MR) is 99.1 cm³/mol. The van der Waals surface area contributed by atoms with Crippen molar-refractivity contribution in [1.29, 1.82) is 0 Å². The van der Waals surface area contributed by atoms with Crippen LogP contribution in [-0.2, 0) is 30.8 Å². The summed E-state index contributed by atoms with van der Waals surface area (Å²) >= 11 is 3.20. The SMILES string of the molecule is CC(CCn1ccc(Br)cc1=O)(C(=O)NOC1CCCCO1)S(C)(=O)=O. The molecule has 0 radical (unpaired) electrons.